The zero-order chi connectivity index (χ0) is 22.1. The number of hydrogen-bond donors (Lipinski definition) is 1. The molecule has 1 fully saturated rings. The number of fused-ring (bicyclic) bond motifs is 1. The Labute approximate surface area is 181 Å². The van der Waals surface area contributed by atoms with E-state index < -0.39 is 35.8 Å². The Morgan fingerprint density at radius 2 is 1.81 bits per heavy atom. The van der Waals surface area contributed by atoms with Crippen LogP contribution in [0.4, 0.5) is 11.4 Å². The molecule has 0 radical (unpaired) electrons. The molecule has 2 heterocycles. The van der Waals surface area contributed by atoms with E-state index in [2.05, 4.69) is 15.7 Å². The normalized spacial score (nSPS) is 19.5. The third-order valence-electron chi connectivity index (χ3n) is 4.85. The number of hydrogen-bond acceptors (Lipinski definition) is 8. The number of halogens is 1. The molecular formula is C20H16ClN5O5. The van der Waals surface area contributed by atoms with Crippen molar-refractivity contribution in [3.8, 4) is 0 Å². The topological polar surface area (TPSA) is 121 Å². The molecule has 2 aromatic carbocycles. The zero-order valence-electron chi connectivity index (χ0n) is 16.2. The van der Waals surface area contributed by atoms with Crippen molar-refractivity contribution in [3.63, 3.8) is 0 Å². The number of carbonyl (C=O) groups is 4. The van der Waals surface area contributed by atoms with Gasteiger partial charge in [0.2, 0.25) is 5.91 Å². The molecule has 2 atom stereocenters. The van der Waals surface area contributed by atoms with Gasteiger partial charge in [-0.05, 0) is 36.4 Å². The van der Waals surface area contributed by atoms with E-state index in [1.165, 1.54) is 13.2 Å². The molecule has 2 unspecified atom stereocenters. The van der Waals surface area contributed by atoms with Crippen molar-refractivity contribution in [1.82, 2.24) is 5.01 Å². The molecule has 0 saturated carbocycles. The minimum absolute atomic E-state index is 0.181. The van der Waals surface area contributed by atoms with E-state index in [4.69, 9.17) is 16.3 Å². The minimum atomic E-state index is -1.03. The van der Waals surface area contributed by atoms with Crippen LogP contribution in [-0.2, 0) is 19.1 Å². The monoisotopic (exact) mass is 441 g/mol. The van der Waals surface area contributed by atoms with Crippen LogP contribution in [0.1, 0.15) is 10.4 Å². The molecule has 2 aliphatic heterocycles. The van der Waals surface area contributed by atoms with E-state index in [0.717, 1.165) is 9.91 Å². The van der Waals surface area contributed by atoms with Gasteiger partial charge in [-0.15, -0.1) is 0 Å². The van der Waals surface area contributed by atoms with Crippen molar-refractivity contribution in [2.45, 2.75) is 12.1 Å². The van der Waals surface area contributed by atoms with Crippen LogP contribution in [0.5, 0.6) is 0 Å². The van der Waals surface area contributed by atoms with Gasteiger partial charge in [0.1, 0.15) is 6.54 Å². The van der Waals surface area contributed by atoms with E-state index in [-0.39, 0.29) is 17.8 Å². The maximum Gasteiger partial charge on any atom is 0.339 e. The first-order chi connectivity index (χ1) is 14.9. The van der Waals surface area contributed by atoms with E-state index in [0.29, 0.717) is 10.7 Å². The van der Waals surface area contributed by atoms with Crippen LogP contribution in [0, 0.1) is 0 Å². The van der Waals surface area contributed by atoms with Gasteiger partial charge >= 0.3 is 5.97 Å². The van der Waals surface area contributed by atoms with Crippen molar-refractivity contribution >= 4 is 46.7 Å². The quantitative estimate of drug-likeness (QED) is 0.560. The first-order valence-electron chi connectivity index (χ1n) is 9.18. The first kappa shape index (κ1) is 20.5. The fourth-order valence-electron chi connectivity index (χ4n) is 3.42. The molecule has 0 bridgehead atoms. The van der Waals surface area contributed by atoms with Gasteiger partial charge in [0.15, 0.2) is 12.1 Å². The second kappa shape index (κ2) is 8.15. The Bertz CT molecular complexity index is 1100. The third kappa shape index (κ3) is 3.73. The Kier molecular flexibility index (Phi) is 5.38. The molecule has 2 aromatic rings. The maximum absolute atomic E-state index is 12.9. The highest BCUT2D eigenvalue weighted by molar-refractivity contribution is 6.31. The van der Waals surface area contributed by atoms with Crippen LogP contribution >= 0.6 is 11.6 Å². The smallest absolute Gasteiger partial charge is 0.339 e. The summed E-state index contributed by atoms with van der Waals surface area (Å²) in [5.74, 6) is -2.21. The number of anilines is 2. The van der Waals surface area contributed by atoms with Gasteiger partial charge in [0.05, 0.1) is 24.0 Å². The van der Waals surface area contributed by atoms with Crippen molar-refractivity contribution in [2.75, 3.05) is 23.9 Å². The van der Waals surface area contributed by atoms with E-state index in [1.807, 2.05) is 0 Å². The Morgan fingerprint density at radius 1 is 1.10 bits per heavy atom. The molecule has 10 nitrogen and oxygen atoms in total. The van der Waals surface area contributed by atoms with E-state index in [1.54, 1.807) is 42.5 Å². The number of benzene rings is 2. The predicted octanol–water partition coefficient (Wildman–Crippen LogP) is 2.06. The molecule has 1 saturated heterocycles. The fourth-order valence-corrected chi connectivity index (χ4v) is 3.54. The number of nitrogens with zero attached hydrogens (tertiary/aromatic N) is 4. The number of ether oxygens (including phenoxy) is 1. The average Bonchev–Trinajstić information content (AvgIpc) is 3.28. The van der Waals surface area contributed by atoms with Crippen molar-refractivity contribution < 1.29 is 23.9 Å². The summed E-state index contributed by atoms with van der Waals surface area (Å²) in [5.41, 5.74) is 0.796. The van der Waals surface area contributed by atoms with Gasteiger partial charge in [-0.3, -0.25) is 19.4 Å². The summed E-state index contributed by atoms with van der Waals surface area (Å²) in [4.78, 5) is 51.1. The van der Waals surface area contributed by atoms with Crippen LogP contribution in [0.2, 0.25) is 5.02 Å². The second-order valence-corrected chi connectivity index (χ2v) is 7.20. The molecule has 3 amide bonds. The molecular weight excluding hydrogens is 426 g/mol. The van der Waals surface area contributed by atoms with Gasteiger partial charge in [-0.25, -0.2) is 9.69 Å². The van der Waals surface area contributed by atoms with Gasteiger partial charge in [-0.1, -0.05) is 29.0 Å². The van der Waals surface area contributed by atoms with Crippen molar-refractivity contribution in [3.05, 3.63) is 59.1 Å². The lowest BCUT2D eigenvalue weighted by Crippen LogP contribution is -2.43. The summed E-state index contributed by atoms with van der Waals surface area (Å²) in [6.45, 7) is -0.340. The standard InChI is InChI=1S/C20H16ClN5O5/c1-31-20(30)13-4-2-3-5-14(13)22-15(27)10-25-17-16(23-24-25)18(28)26(19(17)29)12-8-6-11(21)7-9-12/h2-9,16-17H,10H2,1H3,(H,22,27). The Hall–Kier alpha value is -3.79. The molecule has 0 spiro atoms. The van der Waals surface area contributed by atoms with Gasteiger partial charge in [-0.2, -0.15) is 5.11 Å². The number of amides is 3. The predicted molar refractivity (Wildman–Crippen MR) is 109 cm³/mol. The molecule has 11 heteroatoms. The number of imide groups is 1. The first-order valence-corrected chi connectivity index (χ1v) is 9.56. The number of para-hydroxylation sites is 1. The second-order valence-electron chi connectivity index (χ2n) is 6.77. The minimum Gasteiger partial charge on any atom is -0.465 e. The molecule has 1 N–H and O–H groups in total. The van der Waals surface area contributed by atoms with Crippen molar-refractivity contribution in [2.24, 2.45) is 10.3 Å². The van der Waals surface area contributed by atoms with Gasteiger partial charge in [0.25, 0.3) is 11.8 Å². The van der Waals surface area contributed by atoms with Gasteiger partial charge in [0, 0.05) is 5.02 Å². The van der Waals surface area contributed by atoms with Crippen LogP contribution in [0.3, 0.4) is 0 Å². The average molecular weight is 442 g/mol. The lowest BCUT2D eigenvalue weighted by molar-refractivity contribution is -0.123. The number of nitrogens with one attached hydrogen (secondary N) is 1. The van der Waals surface area contributed by atoms with Crippen molar-refractivity contribution in [1.29, 1.82) is 0 Å². The number of carbonyl (C=O) groups excluding carboxylic acids is 4. The summed E-state index contributed by atoms with van der Waals surface area (Å²) in [6, 6.07) is 10.5. The highest BCUT2D eigenvalue weighted by Gasteiger charge is 2.55. The van der Waals surface area contributed by atoms with Crippen LogP contribution in [0.15, 0.2) is 58.9 Å². The summed E-state index contributed by atoms with van der Waals surface area (Å²) in [6.07, 6.45) is 0. The van der Waals surface area contributed by atoms with Crippen LogP contribution in [-0.4, -0.2) is 54.4 Å². The van der Waals surface area contributed by atoms with E-state index >= 15 is 0 Å². The molecule has 4 rings (SSSR count). The maximum atomic E-state index is 12.9. The highest BCUT2D eigenvalue weighted by atomic mass is 35.5. The molecule has 2 aliphatic rings. The molecule has 0 aliphatic carbocycles. The Balaban J connectivity index is 1.49. The van der Waals surface area contributed by atoms with Gasteiger partial charge < -0.3 is 10.1 Å². The Morgan fingerprint density at radius 3 is 2.52 bits per heavy atom. The number of esters is 1. The summed E-state index contributed by atoms with van der Waals surface area (Å²) in [5, 5.41) is 11.9. The van der Waals surface area contributed by atoms with E-state index in [9.17, 15) is 19.2 Å². The number of rotatable bonds is 5. The van der Waals surface area contributed by atoms with Crippen LogP contribution in [0.25, 0.3) is 0 Å². The molecule has 158 valence electrons. The SMILES string of the molecule is COC(=O)c1ccccc1NC(=O)CN1N=NC2C(=O)N(c3ccc(Cl)cc3)C(=O)C21. The molecule has 0 aromatic heterocycles. The largest absolute Gasteiger partial charge is 0.465 e. The molecule has 31 heavy (non-hydrogen) atoms. The third-order valence-corrected chi connectivity index (χ3v) is 5.11. The highest BCUT2D eigenvalue weighted by Crippen LogP contribution is 2.32. The summed E-state index contributed by atoms with van der Waals surface area (Å²) in [7, 11) is 1.24. The fraction of sp³-hybridized carbons (Fsp3) is 0.200. The summed E-state index contributed by atoms with van der Waals surface area (Å²) < 4.78 is 4.71. The number of methoxy groups -OCH3 is 1. The zero-order valence-corrected chi connectivity index (χ0v) is 16.9. The van der Waals surface area contributed by atoms with Crippen LogP contribution < -0.4 is 10.2 Å². The summed E-state index contributed by atoms with van der Waals surface area (Å²) >= 11 is 5.87. The lowest BCUT2D eigenvalue weighted by Gasteiger charge is -2.20. The lowest BCUT2D eigenvalue weighted by atomic mass is 10.1.